The smallest absolute Gasteiger partial charge is 0.328 e. The zero-order valence-corrected chi connectivity index (χ0v) is 16.4. The SMILES string of the molecule is Cc1cc(CN(C)C(=O)Nc2cc3c(cc2N(C)C)n(C)c(=O)n3C)no1. The Balaban J connectivity index is 1.92. The molecule has 1 N–H and O–H groups in total. The van der Waals surface area contributed by atoms with Crippen molar-refractivity contribution in [1.29, 1.82) is 0 Å². The molecule has 0 atom stereocenters. The summed E-state index contributed by atoms with van der Waals surface area (Å²) in [6.45, 7) is 2.13. The molecule has 2 heterocycles. The fourth-order valence-electron chi connectivity index (χ4n) is 3.02. The number of hydrogen-bond acceptors (Lipinski definition) is 5. The minimum atomic E-state index is -0.279. The summed E-state index contributed by atoms with van der Waals surface area (Å²) in [6.07, 6.45) is 0. The Morgan fingerprint density at radius 1 is 1.15 bits per heavy atom. The first kappa shape index (κ1) is 18.6. The first-order valence-corrected chi connectivity index (χ1v) is 8.50. The van der Waals surface area contributed by atoms with Gasteiger partial charge >= 0.3 is 11.7 Å². The lowest BCUT2D eigenvalue weighted by atomic mass is 10.2. The van der Waals surface area contributed by atoms with Gasteiger partial charge in [0.15, 0.2) is 0 Å². The molecule has 1 aromatic carbocycles. The van der Waals surface area contributed by atoms with Crippen LogP contribution < -0.4 is 15.9 Å². The van der Waals surface area contributed by atoms with Crippen LogP contribution in [0.15, 0.2) is 27.5 Å². The van der Waals surface area contributed by atoms with Crippen LogP contribution in [0.1, 0.15) is 11.5 Å². The quantitative estimate of drug-likeness (QED) is 0.756. The Kier molecular flexibility index (Phi) is 4.69. The number of imidazole rings is 1. The molecular formula is C18H24N6O3. The Hall–Kier alpha value is -3.23. The van der Waals surface area contributed by atoms with E-state index in [9.17, 15) is 9.59 Å². The lowest BCUT2D eigenvalue weighted by Gasteiger charge is -2.21. The number of benzene rings is 1. The van der Waals surface area contributed by atoms with Gasteiger partial charge in [0.05, 0.1) is 29.0 Å². The van der Waals surface area contributed by atoms with E-state index in [1.807, 2.05) is 31.1 Å². The number of hydrogen-bond donors (Lipinski definition) is 1. The molecule has 0 saturated carbocycles. The third-order valence-corrected chi connectivity index (χ3v) is 4.54. The monoisotopic (exact) mass is 372 g/mol. The normalized spacial score (nSPS) is 11.0. The molecule has 144 valence electrons. The van der Waals surface area contributed by atoms with Crippen LogP contribution in [0.3, 0.4) is 0 Å². The van der Waals surface area contributed by atoms with Gasteiger partial charge in [0.1, 0.15) is 11.5 Å². The summed E-state index contributed by atoms with van der Waals surface area (Å²) in [7, 11) is 8.91. The minimum absolute atomic E-state index is 0.114. The van der Waals surface area contributed by atoms with E-state index in [0.717, 1.165) is 16.7 Å². The molecule has 0 saturated heterocycles. The van der Waals surface area contributed by atoms with Crippen molar-refractivity contribution in [2.24, 2.45) is 14.1 Å². The number of carbonyl (C=O) groups excluding carboxylic acids is 1. The van der Waals surface area contributed by atoms with Crippen LogP contribution >= 0.6 is 0 Å². The highest BCUT2D eigenvalue weighted by Crippen LogP contribution is 2.30. The first-order valence-electron chi connectivity index (χ1n) is 8.50. The topological polar surface area (TPSA) is 88.5 Å². The molecule has 27 heavy (non-hydrogen) atoms. The lowest BCUT2D eigenvalue weighted by molar-refractivity contribution is 0.219. The molecule has 0 spiro atoms. The van der Waals surface area contributed by atoms with Crippen LogP contribution in [-0.4, -0.2) is 46.4 Å². The van der Waals surface area contributed by atoms with Gasteiger partial charge in [0.25, 0.3) is 0 Å². The number of aryl methyl sites for hydroxylation is 3. The van der Waals surface area contributed by atoms with Gasteiger partial charge in [0.2, 0.25) is 0 Å². The number of fused-ring (bicyclic) bond motifs is 1. The average Bonchev–Trinajstić information content (AvgIpc) is 3.11. The number of aromatic nitrogens is 3. The van der Waals surface area contributed by atoms with Crippen molar-refractivity contribution in [3.63, 3.8) is 0 Å². The van der Waals surface area contributed by atoms with Gasteiger partial charge in [-0.15, -0.1) is 0 Å². The maximum absolute atomic E-state index is 12.7. The van der Waals surface area contributed by atoms with E-state index in [-0.39, 0.29) is 11.7 Å². The Morgan fingerprint density at radius 2 is 1.78 bits per heavy atom. The van der Waals surface area contributed by atoms with Crippen molar-refractivity contribution < 1.29 is 9.32 Å². The second kappa shape index (κ2) is 6.82. The van der Waals surface area contributed by atoms with E-state index in [4.69, 9.17) is 4.52 Å². The molecular weight excluding hydrogens is 348 g/mol. The van der Waals surface area contributed by atoms with Gasteiger partial charge < -0.3 is 19.6 Å². The zero-order chi connectivity index (χ0) is 19.9. The Labute approximate surface area is 156 Å². The second-order valence-corrected chi connectivity index (χ2v) is 6.87. The zero-order valence-electron chi connectivity index (χ0n) is 16.4. The second-order valence-electron chi connectivity index (χ2n) is 6.87. The largest absolute Gasteiger partial charge is 0.376 e. The molecule has 3 rings (SSSR count). The maximum atomic E-state index is 12.7. The summed E-state index contributed by atoms with van der Waals surface area (Å²) in [5.74, 6) is 0.698. The number of rotatable bonds is 4. The molecule has 0 bridgehead atoms. The molecule has 0 aliphatic heterocycles. The molecule has 0 aliphatic rings. The number of amides is 2. The van der Waals surface area contributed by atoms with E-state index in [2.05, 4.69) is 10.5 Å². The van der Waals surface area contributed by atoms with Gasteiger partial charge in [-0.05, 0) is 19.1 Å². The molecule has 3 aromatic rings. The molecule has 0 fully saturated rings. The van der Waals surface area contributed by atoms with Crippen molar-refractivity contribution in [2.45, 2.75) is 13.5 Å². The van der Waals surface area contributed by atoms with Crippen molar-refractivity contribution in [3.8, 4) is 0 Å². The first-order chi connectivity index (χ1) is 12.7. The molecule has 2 aromatic heterocycles. The van der Waals surface area contributed by atoms with Crippen LogP contribution in [-0.2, 0) is 20.6 Å². The molecule has 0 radical (unpaired) electrons. The van der Waals surface area contributed by atoms with Crippen LogP contribution in [0.5, 0.6) is 0 Å². The van der Waals surface area contributed by atoms with Crippen LogP contribution in [0.25, 0.3) is 11.0 Å². The summed E-state index contributed by atoms with van der Waals surface area (Å²) >= 11 is 0. The fraction of sp³-hybridized carbons (Fsp3) is 0.389. The number of urea groups is 1. The molecule has 9 nitrogen and oxygen atoms in total. The number of nitrogens with one attached hydrogen (secondary N) is 1. The Morgan fingerprint density at radius 3 is 2.33 bits per heavy atom. The van der Waals surface area contributed by atoms with Crippen molar-refractivity contribution in [2.75, 3.05) is 31.4 Å². The predicted molar refractivity (Wildman–Crippen MR) is 104 cm³/mol. The maximum Gasteiger partial charge on any atom is 0.328 e. The van der Waals surface area contributed by atoms with Gasteiger partial charge in [-0.1, -0.05) is 5.16 Å². The fourth-order valence-corrected chi connectivity index (χ4v) is 3.02. The van der Waals surface area contributed by atoms with E-state index >= 15 is 0 Å². The van der Waals surface area contributed by atoms with Crippen molar-refractivity contribution >= 4 is 28.4 Å². The van der Waals surface area contributed by atoms with E-state index in [0.29, 0.717) is 23.7 Å². The number of carbonyl (C=O) groups is 1. The highest BCUT2D eigenvalue weighted by Gasteiger charge is 2.17. The van der Waals surface area contributed by atoms with E-state index < -0.39 is 0 Å². The third kappa shape index (κ3) is 3.40. The summed E-state index contributed by atoms with van der Waals surface area (Å²) < 4.78 is 8.19. The lowest BCUT2D eigenvalue weighted by Crippen LogP contribution is -2.31. The predicted octanol–water partition coefficient (Wildman–Crippen LogP) is 1.90. The molecule has 9 heteroatoms. The molecule has 2 amide bonds. The number of nitrogens with zero attached hydrogens (tertiary/aromatic N) is 5. The van der Waals surface area contributed by atoms with Gasteiger partial charge in [-0.2, -0.15) is 0 Å². The highest BCUT2D eigenvalue weighted by atomic mass is 16.5. The van der Waals surface area contributed by atoms with Gasteiger partial charge in [-0.3, -0.25) is 9.13 Å². The van der Waals surface area contributed by atoms with Crippen molar-refractivity contribution in [3.05, 3.63) is 40.1 Å². The Bertz CT molecular complexity index is 1060. The van der Waals surface area contributed by atoms with Gasteiger partial charge in [0, 0.05) is 41.3 Å². The average molecular weight is 372 g/mol. The summed E-state index contributed by atoms with van der Waals surface area (Å²) in [5, 5.41) is 6.84. The van der Waals surface area contributed by atoms with Crippen LogP contribution in [0.4, 0.5) is 16.2 Å². The molecule has 0 unspecified atom stereocenters. The summed E-state index contributed by atoms with van der Waals surface area (Å²) in [4.78, 5) is 28.3. The van der Waals surface area contributed by atoms with Crippen molar-refractivity contribution in [1.82, 2.24) is 19.2 Å². The summed E-state index contributed by atoms with van der Waals surface area (Å²) in [6, 6.07) is 5.23. The van der Waals surface area contributed by atoms with Crippen LogP contribution in [0.2, 0.25) is 0 Å². The van der Waals surface area contributed by atoms with E-state index in [1.165, 1.54) is 4.90 Å². The van der Waals surface area contributed by atoms with E-state index in [1.54, 1.807) is 43.3 Å². The minimum Gasteiger partial charge on any atom is -0.376 e. The number of anilines is 2. The summed E-state index contributed by atoms with van der Waals surface area (Å²) in [5.41, 5.74) is 3.55. The van der Waals surface area contributed by atoms with Crippen LogP contribution in [0, 0.1) is 6.92 Å². The third-order valence-electron chi connectivity index (χ3n) is 4.54. The highest BCUT2D eigenvalue weighted by molar-refractivity contribution is 5.97. The standard InChI is InChI=1S/C18H24N6O3/c1-11-7-12(20-27-11)10-22(4)17(25)19-13-8-15-16(9-14(13)21(2)3)24(6)18(26)23(15)5/h7-9H,10H2,1-6H3,(H,19,25). The molecule has 0 aliphatic carbocycles. The van der Waals surface area contributed by atoms with Gasteiger partial charge in [-0.25, -0.2) is 9.59 Å².